The van der Waals surface area contributed by atoms with E-state index in [0.29, 0.717) is 12.2 Å². The minimum atomic E-state index is -0.238. The predicted molar refractivity (Wildman–Crippen MR) is 105 cm³/mol. The molecule has 2 aromatic heterocycles. The Morgan fingerprint density at radius 3 is 2.59 bits per heavy atom. The normalized spacial score (nSPS) is 13.7. The zero-order chi connectivity index (χ0) is 19.1. The van der Waals surface area contributed by atoms with E-state index in [-0.39, 0.29) is 5.82 Å². The number of hydrogen-bond acceptors (Lipinski definition) is 3. The lowest BCUT2D eigenvalue weighted by Gasteiger charge is -2.21. The standard InChI is InChI=1S/C22H23FN4/c1-14-15(2)27(13-17-4-5-17)21-20(14)10-19(11-24)25-22(21)26(3)12-16-6-8-18(23)9-7-16/h6-10,17H,4-5,12-13H2,1-3H3. The molecule has 4 rings (SSSR count). The lowest BCUT2D eigenvalue weighted by Crippen LogP contribution is -2.19. The second kappa shape index (κ2) is 6.70. The van der Waals surface area contributed by atoms with Crippen LogP contribution in [0, 0.1) is 36.9 Å². The van der Waals surface area contributed by atoms with Gasteiger partial charge >= 0.3 is 0 Å². The molecule has 138 valence electrons. The van der Waals surface area contributed by atoms with Crippen molar-refractivity contribution >= 4 is 16.7 Å². The van der Waals surface area contributed by atoms with E-state index in [2.05, 4.69) is 34.4 Å². The molecule has 0 N–H and O–H groups in total. The fourth-order valence-corrected chi connectivity index (χ4v) is 3.69. The van der Waals surface area contributed by atoms with Gasteiger partial charge in [0.15, 0.2) is 5.82 Å². The molecule has 0 bridgehead atoms. The second-order valence-electron chi connectivity index (χ2n) is 7.59. The number of halogens is 1. The number of benzene rings is 1. The van der Waals surface area contributed by atoms with E-state index in [1.807, 2.05) is 13.1 Å². The number of nitrogens with zero attached hydrogens (tertiary/aromatic N) is 4. The zero-order valence-electron chi connectivity index (χ0n) is 16.0. The summed E-state index contributed by atoms with van der Waals surface area (Å²) in [7, 11) is 1.98. The third-order valence-corrected chi connectivity index (χ3v) is 5.54. The van der Waals surface area contributed by atoms with Crippen molar-refractivity contribution in [1.29, 1.82) is 5.26 Å². The molecule has 1 saturated carbocycles. The van der Waals surface area contributed by atoms with Gasteiger partial charge in [-0.25, -0.2) is 9.37 Å². The smallest absolute Gasteiger partial charge is 0.154 e. The summed E-state index contributed by atoms with van der Waals surface area (Å²) in [5.41, 5.74) is 4.98. The van der Waals surface area contributed by atoms with Crippen LogP contribution in [0.2, 0.25) is 0 Å². The van der Waals surface area contributed by atoms with Crippen LogP contribution in [0.4, 0.5) is 10.2 Å². The Balaban J connectivity index is 1.83. The number of hydrogen-bond donors (Lipinski definition) is 0. The van der Waals surface area contributed by atoms with Gasteiger partial charge in [0.25, 0.3) is 0 Å². The molecule has 1 aliphatic carbocycles. The van der Waals surface area contributed by atoms with Crippen molar-refractivity contribution in [3.8, 4) is 6.07 Å². The average molecular weight is 362 g/mol. The van der Waals surface area contributed by atoms with Crippen LogP contribution < -0.4 is 4.90 Å². The molecule has 4 nitrogen and oxygen atoms in total. The molecule has 0 radical (unpaired) electrons. The minimum Gasteiger partial charge on any atom is -0.354 e. The topological polar surface area (TPSA) is 44.9 Å². The van der Waals surface area contributed by atoms with Crippen molar-refractivity contribution in [2.75, 3.05) is 11.9 Å². The van der Waals surface area contributed by atoms with Gasteiger partial charge in [-0.05, 0) is 61.9 Å². The molecule has 1 aromatic carbocycles. The molecule has 0 spiro atoms. The first-order chi connectivity index (χ1) is 13.0. The van der Waals surface area contributed by atoms with E-state index in [9.17, 15) is 9.65 Å². The first-order valence-corrected chi connectivity index (χ1v) is 9.34. The first-order valence-electron chi connectivity index (χ1n) is 9.34. The fraction of sp³-hybridized carbons (Fsp3) is 0.364. The van der Waals surface area contributed by atoms with Crippen LogP contribution in [-0.2, 0) is 13.1 Å². The fourth-order valence-electron chi connectivity index (χ4n) is 3.69. The summed E-state index contributed by atoms with van der Waals surface area (Å²) in [5, 5.41) is 10.6. The third kappa shape index (κ3) is 3.28. The van der Waals surface area contributed by atoms with Crippen molar-refractivity contribution in [1.82, 2.24) is 9.55 Å². The maximum Gasteiger partial charge on any atom is 0.154 e. The molecule has 1 aliphatic rings. The minimum absolute atomic E-state index is 0.238. The average Bonchev–Trinajstić information content (AvgIpc) is 3.46. The van der Waals surface area contributed by atoms with Crippen molar-refractivity contribution in [3.63, 3.8) is 0 Å². The first kappa shape index (κ1) is 17.5. The van der Waals surface area contributed by atoms with Gasteiger partial charge in [-0.3, -0.25) is 0 Å². The van der Waals surface area contributed by atoms with Gasteiger partial charge in [-0.2, -0.15) is 5.26 Å². The summed E-state index contributed by atoms with van der Waals surface area (Å²) < 4.78 is 15.6. The Morgan fingerprint density at radius 2 is 1.96 bits per heavy atom. The highest BCUT2D eigenvalue weighted by molar-refractivity contribution is 5.94. The quantitative estimate of drug-likeness (QED) is 0.660. The molecular weight excluding hydrogens is 339 g/mol. The highest BCUT2D eigenvalue weighted by Gasteiger charge is 2.26. The Hall–Kier alpha value is -2.87. The number of aromatic nitrogens is 2. The number of nitriles is 1. The SMILES string of the molecule is Cc1c(C)n(CC2CC2)c2c(N(C)Cc3ccc(F)cc3)nc(C#N)cc12. The molecule has 2 heterocycles. The Morgan fingerprint density at radius 1 is 1.26 bits per heavy atom. The molecule has 0 unspecified atom stereocenters. The Bertz CT molecular complexity index is 1040. The second-order valence-corrected chi connectivity index (χ2v) is 7.59. The molecule has 0 atom stereocenters. The van der Waals surface area contributed by atoms with Gasteiger partial charge in [0.05, 0.1) is 5.52 Å². The van der Waals surface area contributed by atoms with Crippen LogP contribution in [-0.4, -0.2) is 16.6 Å². The maximum atomic E-state index is 13.2. The van der Waals surface area contributed by atoms with Gasteiger partial charge in [0, 0.05) is 31.2 Å². The predicted octanol–water partition coefficient (Wildman–Crippen LogP) is 4.71. The van der Waals surface area contributed by atoms with E-state index in [0.717, 1.165) is 34.7 Å². The molecule has 5 heteroatoms. The van der Waals surface area contributed by atoms with Gasteiger partial charge in [0.2, 0.25) is 0 Å². The summed E-state index contributed by atoms with van der Waals surface area (Å²) in [6, 6.07) is 10.6. The van der Waals surface area contributed by atoms with Gasteiger partial charge in [-0.1, -0.05) is 12.1 Å². The van der Waals surface area contributed by atoms with Crippen LogP contribution in [0.5, 0.6) is 0 Å². The molecule has 0 amide bonds. The van der Waals surface area contributed by atoms with Crippen molar-refractivity contribution < 1.29 is 4.39 Å². The van der Waals surface area contributed by atoms with Crippen molar-refractivity contribution in [3.05, 3.63) is 58.7 Å². The van der Waals surface area contributed by atoms with Crippen LogP contribution in [0.3, 0.4) is 0 Å². The number of fused-ring (bicyclic) bond motifs is 1. The van der Waals surface area contributed by atoms with E-state index >= 15 is 0 Å². The molecule has 0 aliphatic heterocycles. The molecular formula is C22H23FN4. The summed E-state index contributed by atoms with van der Waals surface area (Å²) >= 11 is 0. The molecule has 1 fully saturated rings. The zero-order valence-corrected chi connectivity index (χ0v) is 16.0. The summed E-state index contributed by atoms with van der Waals surface area (Å²) in [4.78, 5) is 6.70. The lowest BCUT2D eigenvalue weighted by atomic mass is 10.1. The van der Waals surface area contributed by atoms with E-state index in [1.165, 1.54) is 36.2 Å². The number of aryl methyl sites for hydroxylation is 1. The van der Waals surface area contributed by atoms with Crippen LogP contribution >= 0.6 is 0 Å². The van der Waals surface area contributed by atoms with Crippen LogP contribution in [0.15, 0.2) is 30.3 Å². The summed E-state index contributed by atoms with van der Waals surface area (Å²) in [6.07, 6.45) is 2.56. The lowest BCUT2D eigenvalue weighted by molar-refractivity contribution is 0.626. The summed E-state index contributed by atoms with van der Waals surface area (Å²) in [5.74, 6) is 1.31. The highest BCUT2D eigenvalue weighted by Crippen LogP contribution is 2.37. The Kier molecular flexibility index (Phi) is 4.35. The van der Waals surface area contributed by atoms with Crippen LogP contribution in [0.1, 0.15) is 35.4 Å². The van der Waals surface area contributed by atoms with Crippen LogP contribution in [0.25, 0.3) is 10.9 Å². The molecule has 0 saturated heterocycles. The summed E-state index contributed by atoms with van der Waals surface area (Å²) in [6.45, 7) is 5.87. The van der Waals surface area contributed by atoms with Crippen molar-refractivity contribution in [2.45, 2.75) is 39.8 Å². The number of rotatable bonds is 5. The van der Waals surface area contributed by atoms with E-state index in [1.54, 1.807) is 12.1 Å². The Labute approximate surface area is 158 Å². The highest BCUT2D eigenvalue weighted by atomic mass is 19.1. The van der Waals surface area contributed by atoms with E-state index in [4.69, 9.17) is 0 Å². The largest absolute Gasteiger partial charge is 0.354 e. The third-order valence-electron chi connectivity index (χ3n) is 5.54. The monoisotopic (exact) mass is 362 g/mol. The molecule has 27 heavy (non-hydrogen) atoms. The van der Waals surface area contributed by atoms with Crippen molar-refractivity contribution in [2.24, 2.45) is 5.92 Å². The number of anilines is 1. The van der Waals surface area contributed by atoms with Gasteiger partial charge in [0.1, 0.15) is 17.6 Å². The maximum absolute atomic E-state index is 13.2. The molecule has 3 aromatic rings. The van der Waals surface area contributed by atoms with Gasteiger partial charge in [-0.15, -0.1) is 0 Å². The van der Waals surface area contributed by atoms with Gasteiger partial charge < -0.3 is 9.47 Å². The van der Waals surface area contributed by atoms with E-state index < -0.39 is 0 Å². The number of pyridine rings is 1.